The summed E-state index contributed by atoms with van der Waals surface area (Å²) in [7, 11) is 0. The molecule has 1 aliphatic carbocycles. The lowest BCUT2D eigenvalue weighted by Gasteiger charge is -2.32. The molecule has 3 rings (SSSR count). The number of carbonyl (C=O) groups is 2. The third-order valence-corrected chi connectivity index (χ3v) is 5.15. The summed E-state index contributed by atoms with van der Waals surface area (Å²) in [6, 6.07) is 5.91. The molecule has 27 heavy (non-hydrogen) atoms. The van der Waals surface area contributed by atoms with Gasteiger partial charge in [0.25, 0.3) is 5.91 Å². The average Bonchev–Trinajstić information content (AvgIpc) is 3.50. The number of hydrogen-bond donors (Lipinski definition) is 2. The Morgan fingerprint density at radius 1 is 1.26 bits per heavy atom. The quantitative estimate of drug-likeness (QED) is 0.757. The van der Waals surface area contributed by atoms with Crippen molar-refractivity contribution >= 4 is 11.8 Å². The Morgan fingerprint density at radius 3 is 2.70 bits per heavy atom. The highest BCUT2D eigenvalue weighted by atomic mass is 19.3. The van der Waals surface area contributed by atoms with Gasteiger partial charge in [-0.25, -0.2) is 0 Å². The number of nitrogens with two attached hydrogens (primary N) is 1. The fraction of sp³-hybridized carbons (Fsp3) is 0.579. The molecule has 1 saturated carbocycles. The van der Waals surface area contributed by atoms with Crippen LogP contribution in [-0.4, -0.2) is 49.0 Å². The van der Waals surface area contributed by atoms with E-state index in [0.29, 0.717) is 31.8 Å². The molecule has 3 N–H and O–H groups in total. The fourth-order valence-corrected chi connectivity index (χ4v) is 3.44. The summed E-state index contributed by atoms with van der Waals surface area (Å²) >= 11 is 0. The first-order valence-corrected chi connectivity index (χ1v) is 9.32. The number of likely N-dealkylation sites (tertiary alicyclic amines) is 1. The van der Waals surface area contributed by atoms with E-state index in [9.17, 15) is 18.4 Å². The van der Waals surface area contributed by atoms with Crippen molar-refractivity contribution in [2.75, 3.05) is 19.6 Å². The number of ether oxygens (including phenoxy) is 1. The smallest absolute Gasteiger partial charge is 0.387 e. The maximum atomic E-state index is 12.8. The molecule has 1 heterocycles. The maximum Gasteiger partial charge on any atom is 0.387 e. The second kappa shape index (κ2) is 8.65. The molecule has 2 fully saturated rings. The van der Waals surface area contributed by atoms with Crippen molar-refractivity contribution in [2.45, 2.75) is 38.3 Å². The number of carbonyl (C=O) groups excluding carboxylic acids is 2. The van der Waals surface area contributed by atoms with Gasteiger partial charge in [0.15, 0.2) is 0 Å². The number of hydrogen-bond acceptors (Lipinski definition) is 4. The molecule has 2 atom stereocenters. The Labute approximate surface area is 157 Å². The van der Waals surface area contributed by atoms with Crippen LogP contribution in [0.3, 0.4) is 0 Å². The van der Waals surface area contributed by atoms with Gasteiger partial charge < -0.3 is 20.7 Å². The Kier molecular flexibility index (Phi) is 6.26. The standard InChI is InChI=1S/C19H25F2N3O3/c20-19(21)27-16-6-2-1-5-14(16)18(26)24-9-3-4-13(11-24)17(25)23-10-15(22)12-7-8-12/h1-2,5-6,12-13,15,19H,3-4,7-11,22H2,(H,23,25). The molecule has 1 saturated heterocycles. The minimum Gasteiger partial charge on any atom is -0.434 e. The minimum atomic E-state index is -3.01. The van der Waals surface area contributed by atoms with Crippen LogP contribution in [-0.2, 0) is 4.79 Å². The van der Waals surface area contributed by atoms with Gasteiger partial charge in [-0.15, -0.1) is 0 Å². The van der Waals surface area contributed by atoms with Crippen LogP contribution < -0.4 is 15.8 Å². The Morgan fingerprint density at radius 2 is 2.00 bits per heavy atom. The topological polar surface area (TPSA) is 84.7 Å². The van der Waals surface area contributed by atoms with Crippen LogP contribution in [0.5, 0.6) is 5.75 Å². The molecule has 0 aromatic heterocycles. The second-order valence-corrected chi connectivity index (χ2v) is 7.21. The van der Waals surface area contributed by atoms with Gasteiger partial charge >= 0.3 is 6.61 Å². The Bertz CT molecular complexity index is 682. The van der Waals surface area contributed by atoms with Crippen molar-refractivity contribution < 1.29 is 23.1 Å². The molecule has 2 aliphatic rings. The van der Waals surface area contributed by atoms with E-state index in [1.807, 2.05) is 0 Å². The molecule has 1 aromatic carbocycles. The summed E-state index contributed by atoms with van der Waals surface area (Å²) in [5.74, 6) is -0.489. The van der Waals surface area contributed by atoms with E-state index in [1.54, 1.807) is 6.07 Å². The summed E-state index contributed by atoms with van der Waals surface area (Å²) in [5.41, 5.74) is 6.09. The first kappa shape index (κ1) is 19.5. The first-order valence-electron chi connectivity index (χ1n) is 9.32. The number of rotatable bonds is 7. The van der Waals surface area contributed by atoms with Crippen LogP contribution >= 0.6 is 0 Å². The first-order chi connectivity index (χ1) is 13.0. The van der Waals surface area contributed by atoms with Gasteiger partial charge in [-0.05, 0) is 43.7 Å². The number of para-hydroxylation sites is 1. The second-order valence-electron chi connectivity index (χ2n) is 7.21. The van der Waals surface area contributed by atoms with Crippen molar-refractivity contribution in [3.63, 3.8) is 0 Å². The number of halogens is 2. The number of alkyl halides is 2. The van der Waals surface area contributed by atoms with Crippen LogP contribution in [0.4, 0.5) is 8.78 Å². The van der Waals surface area contributed by atoms with Crippen molar-refractivity contribution in [2.24, 2.45) is 17.6 Å². The molecular formula is C19H25F2N3O3. The third kappa shape index (κ3) is 5.15. The lowest BCUT2D eigenvalue weighted by molar-refractivity contribution is -0.126. The highest BCUT2D eigenvalue weighted by Gasteiger charge is 2.32. The monoisotopic (exact) mass is 381 g/mol. The molecule has 148 valence electrons. The van der Waals surface area contributed by atoms with Crippen molar-refractivity contribution in [3.05, 3.63) is 29.8 Å². The number of nitrogens with zero attached hydrogens (tertiary/aromatic N) is 1. The van der Waals surface area contributed by atoms with E-state index < -0.39 is 12.5 Å². The van der Waals surface area contributed by atoms with E-state index in [0.717, 1.165) is 12.8 Å². The zero-order chi connectivity index (χ0) is 19.4. The van der Waals surface area contributed by atoms with E-state index in [2.05, 4.69) is 10.1 Å². The predicted octanol–water partition coefficient (Wildman–Crippen LogP) is 1.99. The summed E-state index contributed by atoms with van der Waals surface area (Å²) in [6.45, 7) is -1.83. The van der Waals surface area contributed by atoms with Crippen molar-refractivity contribution in [1.29, 1.82) is 0 Å². The molecule has 6 nitrogen and oxygen atoms in total. The maximum absolute atomic E-state index is 12.8. The molecule has 0 spiro atoms. The van der Waals surface area contributed by atoms with Gasteiger partial charge in [0.2, 0.25) is 5.91 Å². The van der Waals surface area contributed by atoms with E-state index in [1.165, 1.54) is 23.1 Å². The third-order valence-electron chi connectivity index (χ3n) is 5.15. The summed E-state index contributed by atoms with van der Waals surface area (Å²) in [4.78, 5) is 26.7. The predicted molar refractivity (Wildman–Crippen MR) is 95.4 cm³/mol. The molecule has 1 aromatic rings. The number of piperidine rings is 1. The van der Waals surface area contributed by atoms with Crippen LogP contribution in [0.15, 0.2) is 24.3 Å². The normalized spacial score (nSPS) is 21.0. The Hall–Kier alpha value is -2.22. The fourth-order valence-electron chi connectivity index (χ4n) is 3.44. The molecular weight excluding hydrogens is 356 g/mol. The molecule has 0 bridgehead atoms. The number of amides is 2. The van der Waals surface area contributed by atoms with E-state index in [-0.39, 0.29) is 35.7 Å². The van der Waals surface area contributed by atoms with E-state index in [4.69, 9.17) is 5.73 Å². The average molecular weight is 381 g/mol. The zero-order valence-corrected chi connectivity index (χ0v) is 15.1. The molecule has 8 heteroatoms. The Balaban J connectivity index is 1.60. The van der Waals surface area contributed by atoms with Crippen molar-refractivity contribution in [3.8, 4) is 5.75 Å². The van der Waals surface area contributed by atoms with Crippen LogP contribution in [0, 0.1) is 11.8 Å². The summed E-state index contributed by atoms with van der Waals surface area (Å²) in [5, 5.41) is 2.88. The summed E-state index contributed by atoms with van der Waals surface area (Å²) in [6.07, 6.45) is 3.59. The zero-order valence-electron chi connectivity index (χ0n) is 15.1. The molecule has 0 radical (unpaired) electrons. The van der Waals surface area contributed by atoms with Gasteiger partial charge in [0.1, 0.15) is 5.75 Å². The van der Waals surface area contributed by atoms with Crippen LogP contribution in [0.25, 0.3) is 0 Å². The number of nitrogens with one attached hydrogen (secondary N) is 1. The highest BCUT2D eigenvalue weighted by molar-refractivity contribution is 5.97. The highest BCUT2D eigenvalue weighted by Crippen LogP contribution is 2.31. The van der Waals surface area contributed by atoms with Gasteiger partial charge in [0.05, 0.1) is 11.5 Å². The SMILES string of the molecule is NC(CNC(=O)C1CCCN(C(=O)c2ccccc2OC(F)F)C1)C1CC1. The van der Waals surface area contributed by atoms with Crippen LogP contribution in [0.2, 0.25) is 0 Å². The molecule has 2 unspecified atom stereocenters. The largest absolute Gasteiger partial charge is 0.434 e. The van der Waals surface area contributed by atoms with Gasteiger partial charge in [0, 0.05) is 25.7 Å². The van der Waals surface area contributed by atoms with Gasteiger partial charge in [-0.1, -0.05) is 12.1 Å². The van der Waals surface area contributed by atoms with Gasteiger partial charge in [-0.3, -0.25) is 9.59 Å². The van der Waals surface area contributed by atoms with Gasteiger partial charge in [-0.2, -0.15) is 8.78 Å². The summed E-state index contributed by atoms with van der Waals surface area (Å²) < 4.78 is 29.6. The van der Waals surface area contributed by atoms with E-state index >= 15 is 0 Å². The molecule has 1 aliphatic heterocycles. The van der Waals surface area contributed by atoms with Crippen LogP contribution in [0.1, 0.15) is 36.0 Å². The number of benzene rings is 1. The molecule has 2 amide bonds. The van der Waals surface area contributed by atoms with Crippen molar-refractivity contribution in [1.82, 2.24) is 10.2 Å². The minimum absolute atomic E-state index is 0.0198. The lowest BCUT2D eigenvalue weighted by atomic mass is 9.96. The lowest BCUT2D eigenvalue weighted by Crippen LogP contribution is -2.47.